The third-order valence-corrected chi connectivity index (χ3v) is 4.50. The predicted octanol–water partition coefficient (Wildman–Crippen LogP) is 3.71. The number of hydrogen-bond donors (Lipinski definition) is 1. The quantitative estimate of drug-likeness (QED) is 0.637. The largest absolute Gasteiger partial charge is 0.494 e. The fourth-order valence-corrected chi connectivity index (χ4v) is 2.99. The maximum atomic E-state index is 12.9. The number of nitrogens with zero attached hydrogens (tertiary/aromatic N) is 1. The first kappa shape index (κ1) is 21.5. The number of benzene rings is 2. The van der Waals surface area contributed by atoms with Gasteiger partial charge in [-0.3, -0.25) is 9.59 Å². The summed E-state index contributed by atoms with van der Waals surface area (Å²) in [6.45, 7) is 7.09. The smallest absolute Gasteiger partial charge is 0.242 e. The maximum Gasteiger partial charge on any atom is 0.242 e. The van der Waals surface area contributed by atoms with Gasteiger partial charge in [0.05, 0.1) is 6.61 Å². The monoisotopic (exact) mass is 382 g/mol. The number of carbonyl (C=O) groups is 2. The number of ether oxygens (including phenoxy) is 1. The first-order valence-electron chi connectivity index (χ1n) is 9.81. The predicted molar refractivity (Wildman–Crippen MR) is 111 cm³/mol. The Balaban J connectivity index is 1.98. The van der Waals surface area contributed by atoms with Crippen molar-refractivity contribution in [3.05, 3.63) is 65.7 Å². The fraction of sp³-hybridized carbons (Fsp3) is 0.391. The number of carbonyl (C=O) groups excluding carboxylic acids is 2. The van der Waals surface area contributed by atoms with E-state index in [0.717, 1.165) is 16.9 Å². The van der Waals surface area contributed by atoms with Gasteiger partial charge >= 0.3 is 0 Å². The number of nitrogens with one attached hydrogen (secondary N) is 1. The van der Waals surface area contributed by atoms with E-state index >= 15 is 0 Å². The average Bonchev–Trinajstić information content (AvgIpc) is 2.70. The first-order chi connectivity index (χ1) is 13.5. The van der Waals surface area contributed by atoms with Gasteiger partial charge in [0.1, 0.15) is 11.8 Å². The van der Waals surface area contributed by atoms with E-state index in [1.165, 1.54) is 0 Å². The van der Waals surface area contributed by atoms with Crippen molar-refractivity contribution in [1.82, 2.24) is 10.2 Å². The molecule has 5 heteroatoms. The van der Waals surface area contributed by atoms with Gasteiger partial charge in [-0.05, 0) is 44.9 Å². The lowest BCUT2D eigenvalue weighted by atomic mass is 10.1. The number of hydrogen-bond acceptors (Lipinski definition) is 3. The van der Waals surface area contributed by atoms with Crippen molar-refractivity contribution in [2.75, 3.05) is 13.2 Å². The third kappa shape index (κ3) is 6.72. The number of rotatable bonds is 10. The van der Waals surface area contributed by atoms with Crippen LogP contribution >= 0.6 is 0 Å². The number of aryl methyl sites for hydroxylation is 1. The highest BCUT2D eigenvalue weighted by molar-refractivity contribution is 5.87. The molecule has 28 heavy (non-hydrogen) atoms. The Morgan fingerprint density at radius 2 is 1.86 bits per heavy atom. The summed E-state index contributed by atoms with van der Waals surface area (Å²) in [6.07, 6.45) is 0.933. The molecule has 2 rings (SSSR count). The fourth-order valence-electron chi connectivity index (χ4n) is 2.99. The van der Waals surface area contributed by atoms with Crippen molar-refractivity contribution in [3.8, 4) is 5.75 Å². The van der Waals surface area contributed by atoms with Gasteiger partial charge in [-0.2, -0.15) is 0 Å². The van der Waals surface area contributed by atoms with Gasteiger partial charge in [-0.25, -0.2) is 0 Å². The zero-order valence-electron chi connectivity index (χ0n) is 17.0. The second-order valence-electron chi connectivity index (χ2n) is 6.85. The van der Waals surface area contributed by atoms with Crippen LogP contribution in [0.25, 0.3) is 0 Å². The molecule has 2 aromatic carbocycles. The van der Waals surface area contributed by atoms with E-state index < -0.39 is 6.04 Å². The SMILES string of the molecule is CCNC(=O)C(C)N(Cc1cccc(C)c1)C(=O)CCCOc1ccccc1. The molecule has 0 fully saturated rings. The minimum atomic E-state index is -0.525. The molecule has 0 aliphatic carbocycles. The Morgan fingerprint density at radius 3 is 2.54 bits per heavy atom. The number of para-hydroxylation sites is 1. The third-order valence-electron chi connectivity index (χ3n) is 4.50. The minimum Gasteiger partial charge on any atom is -0.494 e. The highest BCUT2D eigenvalue weighted by Crippen LogP contribution is 2.14. The normalized spacial score (nSPS) is 11.5. The number of likely N-dealkylation sites (N-methyl/N-ethyl adjacent to an activating group) is 1. The van der Waals surface area contributed by atoms with Crippen LogP contribution in [0.4, 0.5) is 0 Å². The summed E-state index contributed by atoms with van der Waals surface area (Å²) in [4.78, 5) is 26.9. The topological polar surface area (TPSA) is 58.6 Å². The second kappa shape index (κ2) is 11.1. The highest BCUT2D eigenvalue weighted by atomic mass is 16.5. The molecule has 2 aromatic rings. The maximum absolute atomic E-state index is 12.9. The molecule has 0 aliphatic heterocycles. The van der Waals surface area contributed by atoms with Gasteiger partial charge in [0, 0.05) is 19.5 Å². The minimum absolute atomic E-state index is 0.0445. The Bertz CT molecular complexity index is 761. The van der Waals surface area contributed by atoms with Gasteiger partial charge in [0.15, 0.2) is 0 Å². The Hall–Kier alpha value is -2.82. The molecule has 0 heterocycles. The zero-order chi connectivity index (χ0) is 20.4. The van der Waals surface area contributed by atoms with Crippen LogP contribution in [0.1, 0.15) is 37.8 Å². The van der Waals surface area contributed by atoms with E-state index in [9.17, 15) is 9.59 Å². The summed E-state index contributed by atoms with van der Waals surface area (Å²) < 4.78 is 5.67. The van der Waals surface area contributed by atoms with Crippen molar-refractivity contribution in [3.63, 3.8) is 0 Å². The van der Waals surface area contributed by atoms with Crippen LogP contribution in [0, 0.1) is 6.92 Å². The molecule has 1 unspecified atom stereocenters. The van der Waals surface area contributed by atoms with E-state index in [1.54, 1.807) is 11.8 Å². The van der Waals surface area contributed by atoms with Crippen molar-refractivity contribution in [2.45, 2.75) is 46.2 Å². The lowest BCUT2D eigenvalue weighted by Crippen LogP contribution is -2.47. The highest BCUT2D eigenvalue weighted by Gasteiger charge is 2.25. The van der Waals surface area contributed by atoms with E-state index in [-0.39, 0.29) is 11.8 Å². The van der Waals surface area contributed by atoms with E-state index in [1.807, 2.05) is 68.4 Å². The lowest BCUT2D eigenvalue weighted by Gasteiger charge is -2.29. The summed E-state index contributed by atoms with van der Waals surface area (Å²) in [6, 6.07) is 17.0. The molecule has 0 saturated carbocycles. The van der Waals surface area contributed by atoms with Crippen LogP contribution in [0.2, 0.25) is 0 Å². The summed E-state index contributed by atoms with van der Waals surface area (Å²) in [5, 5.41) is 2.81. The van der Waals surface area contributed by atoms with E-state index in [0.29, 0.717) is 32.5 Å². The van der Waals surface area contributed by atoms with Gasteiger partial charge in [-0.1, -0.05) is 48.0 Å². The van der Waals surface area contributed by atoms with Crippen molar-refractivity contribution in [2.24, 2.45) is 0 Å². The molecule has 0 bridgehead atoms. The molecule has 0 aliphatic rings. The van der Waals surface area contributed by atoms with Gasteiger partial charge in [0.25, 0.3) is 0 Å². The molecule has 0 aromatic heterocycles. The number of amides is 2. The summed E-state index contributed by atoms with van der Waals surface area (Å²) >= 11 is 0. The summed E-state index contributed by atoms with van der Waals surface area (Å²) in [5.74, 6) is 0.614. The summed E-state index contributed by atoms with van der Waals surface area (Å²) in [5.41, 5.74) is 2.15. The second-order valence-corrected chi connectivity index (χ2v) is 6.85. The molecule has 150 valence electrons. The van der Waals surface area contributed by atoms with E-state index in [4.69, 9.17) is 4.74 Å². The molecular formula is C23H30N2O3. The van der Waals surface area contributed by atoms with Gasteiger partial charge in [0.2, 0.25) is 11.8 Å². The van der Waals surface area contributed by atoms with Crippen LogP contribution in [-0.2, 0) is 16.1 Å². The molecule has 1 atom stereocenters. The van der Waals surface area contributed by atoms with Crippen LogP contribution in [0.5, 0.6) is 5.75 Å². The molecule has 2 amide bonds. The van der Waals surface area contributed by atoms with Crippen LogP contribution in [-0.4, -0.2) is 35.9 Å². The summed E-state index contributed by atoms with van der Waals surface area (Å²) in [7, 11) is 0. The van der Waals surface area contributed by atoms with Crippen molar-refractivity contribution >= 4 is 11.8 Å². The molecular weight excluding hydrogens is 352 g/mol. The lowest BCUT2D eigenvalue weighted by molar-refractivity contribution is -0.140. The van der Waals surface area contributed by atoms with Crippen LogP contribution < -0.4 is 10.1 Å². The molecule has 0 spiro atoms. The molecule has 5 nitrogen and oxygen atoms in total. The van der Waals surface area contributed by atoms with Crippen molar-refractivity contribution < 1.29 is 14.3 Å². The van der Waals surface area contributed by atoms with Gasteiger partial charge in [-0.15, -0.1) is 0 Å². The first-order valence-corrected chi connectivity index (χ1v) is 9.81. The zero-order valence-corrected chi connectivity index (χ0v) is 17.0. The van der Waals surface area contributed by atoms with Crippen LogP contribution in [0.15, 0.2) is 54.6 Å². The Labute approximate surface area is 167 Å². The Kier molecular flexibility index (Phi) is 8.53. The van der Waals surface area contributed by atoms with E-state index in [2.05, 4.69) is 5.32 Å². The standard InChI is InChI=1S/C23H30N2O3/c1-4-24-23(27)19(3)25(17-20-11-8-10-18(2)16-20)22(26)14-9-15-28-21-12-6-5-7-13-21/h5-8,10-13,16,19H,4,9,14-15,17H2,1-3H3,(H,24,27). The van der Waals surface area contributed by atoms with Crippen LogP contribution in [0.3, 0.4) is 0 Å². The molecule has 1 N–H and O–H groups in total. The molecule has 0 radical (unpaired) electrons. The van der Waals surface area contributed by atoms with Gasteiger partial charge < -0.3 is 15.0 Å². The average molecular weight is 383 g/mol. The Morgan fingerprint density at radius 1 is 1.11 bits per heavy atom. The van der Waals surface area contributed by atoms with Crippen molar-refractivity contribution in [1.29, 1.82) is 0 Å². The molecule has 0 saturated heterocycles.